The topological polar surface area (TPSA) is 89.3 Å². The number of hydrogen-bond donors (Lipinski definition) is 2. The van der Waals surface area contributed by atoms with E-state index in [4.69, 9.17) is 4.74 Å². The molecule has 0 radical (unpaired) electrons. The van der Waals surface area contributed by atoms with Crippen molar-refractivity contribution in [1.82, 2.24) is 20.1 Å². The summed E-state index contributed by atoms with van der Waals surface area (Å²) in [5, 5.41) is 17.1. The minimum absolute atomic E-state index is 0.128. The Bertz CT molecular complexity index is 1040. The van der Waals surface area contributed by atoms with Gasteiger partial charge in [-0.25, -0.2) is 8.78 Å². The molecule has 9 heteroatoms. The summed E-state index contributed by atoms with van der Waals surface area (Å²) in [6, 6.07) is 7.02. The zero-order valence-corrected chi connectivity index (χ0v) is 17.0. The van der Waals surface area contributed by atoms with Gasteiger partial charge in [0.15, 0.2) is 6.61 Å². The summed E-state index contributed by atoms with van der Waals surface area (Å²) in [6.45, 7) is 4.06. The van der Waals surface area contributed by atoms with E-state index in [0.717, 1.165) is 18.1 Å². The number of rotatable bonds is 8. The van der Waals surface area contributed by atoms with Gasteiger partial charge in [0, 0.05) is 25.9 Å². The van der Waals surface area contributed by atoms with Gasteiger partial charge in [-0.15, -0.1) is 0 Å². The van der Waals surface area contributed by atoms with Crippen LogP contribution < -0.4 is 10.1 Å². The molecule has 3 aromatic rings. The third-order valence-corrected chi connectivity index (χ3v) is 4.32. The van der Waals surface area contributed by atoms with Crippen LogP contribution >= 0.6 is 0 Å². The maximum Gasteiger partial charge on any atom is 0.278 e. The number of aliphatic hydroxyl groups is 1. The Hall–Kier alpha value is -3.07. The Morgan fingerprint density at radius 2 is 2.13 bits per heavy atom. The van der Waals surface area contributed by atoms with Gasteiger partial charge in [0.2, 0.25) is 0 Å². The van der Waals surface area contributed by atoms with Crippen molar-refractivity contribution >= 4 is 16.8 Å². The molecule has 2 heterocycles. The van der Waals surface area contributed by atoms with Gasteiger partial charge in [-0.05, 0) is 37.1 Å². The van der Waals surface area contributed by atoms with Gasteiger partial charge < -0.3 is 15.2 Å². The maximum atomic E-state index is 13.0. The number of carbonyl (C=O) groups is 1. The van der Waals surface area contributed by atoms with Crippen molar-refractivity contribution < 1.29 is 23.4 Å². The number of amides is 1. The Balaban J connectivity index is 1.77. The summed E-state index contributed by atoms with van der Waals surface area (Å²) < 4.78 is 32.9. The Kier molecular flexibility index (Phi) is 6.31. The van der Waals surface area contributed by atoms with E-state index in [-0.39, 0.29) is 18.1 Å². The Labute approximate surface area is 172 Å². The third-order valence-electron chi connectivity index (χ3n) is 4.32. The number of hydrogen-bond acceptors (Lipinski definition) is 5. The molecule has 0 fully saturated rings. The molecule has 3 rings (SSSR count). The second kappa shape index (κ2) is 8.74. The molecule has 7 nitrogen and oxygen atoms in total. The normalized spacial score (nSPS) is 12.7. The van der Waals surface area contributed by atoms with Gasteiger partial charge >= 0.3 is 0 Å². The molecular weight excluding hydrogens is 394 g/mol. The van der Waals surface area contributed by atoms with Crippen molar-refractivity contribution in [2.24, 2.45) is 0 Å². The van der Waals surface area contributed by atoms with Gasteiger partial charge in [0.25, 0.3) is 11.8 Å². The minimum Gasteiger partial charge on any atom is -0.487 e. The fourth-order valence-electron chi connectivity index (χ4n) is 2.94. The van der Waals surface area contributed by atoms with Crippen molar-refractivity contribution in [2.45, 2.75) is 39.3 Å². The van der Waals surface area contributed by atoms with Crippen molar-refractivity contribution in [3.8, 4) is 5.75 Å². The minimum atomic E-state index is -2.90. The zero-order chi connectivity index (χ0) is 21.9. The van der Waals surface area contributed by atoms with Crippen LogP contribution in [0.3, 0.4) is 0 Å². The predicted octanol–water partition coefficient (Wildman–Crippen LogP) is 2.93. The van der Waals surface area contributed by atoms with E-state index >= 15 is 0 Å². The number of aryl methyl sites for hydroxylation is 1. The standard InChI is InChI=1S/C21H24F2N4O3/c1-13-8-15(4-5-18(13)30-12-21(3,22)23)10-27-11-16-17(26-27)6-7-24-19(16)20(29)25-9-14(2)28/h4-8,11,14,28H,9-10,12H2,1-3H3,(H,25,29)/t14-/m1/s1. The fraction of sp³-hybridized carbons (Fsp3) is 0.381. The highest BCUT2D eigenvalue weighted by Gasteiger charge is 2.22. The molecule has 160 valence electrons. The predicted molar refractivity (Wildman–Crippen MR) is 108 cm³/mol. The monoisotopic (exact) mass is 418 g/mol. The van der Waals surface area contributed by atoms with Crippen LogP contribution in [0.5, 0.6) is 5.75 Å². The van der Waals surface area contributed by atoms with Crippen LogP contribution in [-0.4, -0.2) is 51.0 Å². The summed E-state index contributed by atoms with van der Waals surface area (Å²) in [5.74, 6) is -2.87. The number of halogens is 2. The lowest BCUT2D eigenvalue weighted by molar-refractivity contribution is -0.0231. The number of fused-ring (bicyclic) bond motifs is 1. The van der Waals surface area contributed by atoms with E-state index < -0.39 is 18.6 Å². The van der Waals surface area contributed by atoms with Gasteiger partial charge in [-0.3, -0.25) is 14.5 Å². The van der Waals surface area contributed by atoms with E-state index in [1.165, 1.54) is 6.20 Å². The number of aliphatic hydroxyl groups excluding tert-OH is 1. The lowest BCUT2D eigenvalue weighted by Gasteiger charge is -2.14. The average Bonchev–Trinajstić information content (AvgIpc) is 3.07. The molecule has 0 aliphatic carbocycles. The first-order valence-corrected chi connectivity index (χ1v) is 9.51. The molecule has 2 N–H and O–H groups in total. The molecule has 0 saturated carbocycles. The maximum absolute atomic E-state index is 13.0. The van der Waals surface area contributed by atoms with Crippen LogP contribution in [0.25, 0.3) is 10.9 Å². The van der Waals surface area contributed by atoms with Gasteiger partial charge in [-0.2, -0.15) is 5.10 Å². The molecule has 1 atom stereocenters. The number of nitrogens with zero attached hydrogens (tertiary/aromatic N) is 3. The van der Waals surface area contributed by atoms with Crippen LogP contribution in [0.4, 0.5) is 8.78 Å². The van der Waals surface area contributed by atoms with Crippen molar-refractivity contribution in [2.75, 3.05) is 13.2 Å². The summed E-state index contributed by atoms with van der Waals surface area (Å²) in [5.41, 5.74) is 2.51. The van der Waals surface area contributed by atoms with E-state index in [9.17, 15) is 18.7 Å². The van der Waals surface area contributed by atoms with Crippen LogP contribution in [0, 0.1) is 6.92 Å². The molecule has 0 aliphatic heterocycles. The van der Waals surface area contributed by atoms with Gasteiger partial charge in [-0.1, -0.05) is 12.1 Å². The highest BCUT2D eigenvalue weighted by atomic mass is 19.3. The lowest BCUT2D eigenvalue weighted by atomic mass is 10.1. The molecule has 1 aromatic carbocycles. The summed E-state index contributed by atoms with van der Waals surface area (Å²) in [4.78, 5) is 16.5. The van der Waals surface area contributed by atoms with Crippen molar-refractivity contribution in [3.63, 3.8) is 0 Å². The number of nitrogens with one attached hydrogen (secondary N) is 1. The third kappa shape index (κ3) is 5.50. The molecule has 0 aliphatic rings. The van der Waals surface area contributed by atoms with Crippen LogP contribution in [0.2, 0.25) is 0 Å². The average molecular weight is 418 g/mol. The number of carbonyl (C=O) groups excluding carboxylic acids is 1. The molecule has 2 aromatic heterocycles. The molecule has 1 amide bonds. The summed E-state index contributed by atoms with van der Waals surface area (Å²) >= 11 is 0. The quantitative estimate of drug-likeness (QED) is 0.587. The highest BCUT2D eigenvalue weighted by molar-refractivity contribution is 6.04. The lowest BCUT2D eigenvalue weighted by Crippen LogP contribution is -2.31. The molecule has 30 heavy (non-hydrogen) atoms. The number of ether oxygens (including phenoxy) is 1. The molecule has 0 spiro atoms. The second-order valence-electron chi connectivity index (χ2n) is 7.44. The molecule has 0 bridgehead atoms. The van der Waals surface area contributed by atoms with Crippen LogP contribution in [0.1, 0.15) is 35.5 Å². The van der Waals surface area contributed by atoms with E-state index in [1.807, 2.05) is 6.07 Å². The first-order chi connectivity index (χ1) is 14.1. The first-order valence-electron chi connectivity index (χ1n) is 9.51. The van der Waals surface area contributed by atoms with E-state index in [1.54, 1.807) is 42.9 Å². The summed E-state index contributed by atoms with van der Waals surface area (Å²) in [6.07, 6.45) is 2.59. The summed E-state index contributed by atoms with van der Waals surface area (Å²) in [7, 11) is 0. The van der Waals surface area contributed by atoms with E-state index in [0.29, 0.717) is 23.2 Å². The van der Waals surface area contributed by atoms with Crippen molar-refractivity contribution in [3.05, 3.63) is 53.5 Å². The zero-order valence-electron chi connectivity index (χ0n) is 17.0. The molecule has 0 saturated heterocycles. The Morgan fingerprint density at radius 3 is 2.80 bits per heavy atom. The van der Waals surface area contributed by atoms with Crippen LogP contribution in [0.15, 0.2) is 36.7 Å². The van der Waals surface area contributed by atoms with Gasteiger partial charge in [0.1, 0.15) is 11.4 Å². The van der Waals surface area contributed by atoms with Gasteiger partial charge in [0.05, 0.1) is 23.6 Å². The highest BCUT2D eigenvalue weighted by Crippen LogP contribution is 2.23. The number of pyridine rings is 1. The number of aromatic nitrogens is 3. The molecular formula is C21H24F2N4O3. The fourth-order valence-corrected chi connectivity index (χ4v) is 2.94. The smallest absolute Gasteiger partial charge is 0.278 e. The first kappa shape index (κ1) is 21.6. The second-order valence-corrected chi connectivity index (χ2v) is 7.44. The molecule has 0 unspecified atom stereocenters. The number of alkyl halides is 2. The largest absolute Gasteiger partial charge is 0.487 e. The number of benzene rings is 1. The SMILES string of the molecule is Cc1cc(Cn2cc3c(C(=O)NC[C@@H](C)O)nccc3n2)ccc1OCC(C)(F)F. The van der Waals surface area contributed by atoms with Crippen molar-refractivity contribution in [1.29, 1.82) is 0 Å². The van der Waals surface area contributed by atoms with Crippen LogP contribution in [-0.2, 0) is 6.54 Å². The van der Waals surface area contributed by atoms with E-state index in [2.05, 4.69) is 15.4 Å². The Morgan fingerprint density at radius 1 is 1.37 bits per heavy atom.